The van der Waals surface area contributed by atoms with Crippen LogP contribution < -0.4 is 11.1 Å². The zero-order valence-corrected chi connectivity index (χ0v) is 15.7. The predicted molar refractivity (Wildman–Crippen MR) is 93.2 cm³/mol. The largest absolute Gasteiger partial charge is 0.443 e. The van der Waals surface area contributed by atoms with Crippen LogP contribution in [0.3, 0.4) is 0 Å². The van der Waals surface area contributed by atoms with Crippen molar-refractivity contribution in [1.82, 2.24) is 9.97 Å². The van der Waals surface area contributed by atoms with Crippen LogP contribution in [0.4, 0.5) is 10.6 Å². The Bertz CT molecular complexity index is 632. The van der Waals surface area contributed by atoms with E-state index in [1.54, 1.807) is 6.07 Å². The summed E-state index contributed by atoms with van der Waals surface area (Å²) in [4.78, 5) is 32.0. The second kappa shape index (κ2) is 7.04. The van der Waals surface area contributed by atoms with Crippen molar-refractivity contribution in [2.75, 3.05) is 5.32 Å². The Morgan fingerprint density at radius 3 is 2.71 bits per heavy atom. The van der Waals surface area contributed by atoms with Gasteiger partial charge in [0.2, 0.25) is 5.91 Å². The lowest BCUT2D eigenvalue weighted by Gasteiger charge is -2.47. The minimum atomic E-state index is -0.800. The van der Waals surface area contributed by atoms with Gasteiger partial charge in [0, 0.05) is 17.4 Å². The Hall–Kier alpha value is -1.70. The molecule has 1 aliphatic rings. The maximum Gasteiger partial charge on any atom is 0.405 e. The highest BCUT2D eigenvalue weighted by atomic mass is 79.9. The lowest BCUT2D eigenvalue weighted by Crippen LogP contribution is -2.52. The standard InChI is InChI=1S/C16H23BrN4O3/c1-15(2,3)16(24-14(18)23)6-4-5-10(8-16)13(22)21-12-7-11(17)19-9-20-12/h7,9-10H,4-6,8H2,1-3H3,(H2,18,23)(H,19,20,21,22)/t10-,16+/m0/s1. The van der Waals surface area contributed by atoms with Crippen LogP contribution >= 0.6 is 15.9 Å². The van der Waals surface area contributed by atoms with Crippen LogP contribution in [-0.4, -0.2) is 27.6 Å². The number of hydrogen-bond donors (Lipinski definition) is 2. The Morgan fingerprint density at radius 2 is 2.12 bits per heavy atom. The zero-order valence-electron chi connectivity index (χ0n) is 14.1. The van der Waals surface area contributed by atoms with Crippen LogP contribution in [0.5, 0.6) is 0 Å². The van der Waals surface area contributed by atoms with Gasteiger partial charge < -0.3 is 15.8 Å². The van der Waals surface area contributed by atoms with Crippen LogP contribution in [0.2, 0.25) is 0 Å². The number of anilines is 1. The third-order valence-electron chi connectivity index (χ3n) is 4.63. The minimum absolute atomic E-state index is 0.137. The number of rotatable bonds is 3. The van der Waals surface area contributed by atoms with Crippen molar-refractivity contribution in [3.05, 3.63) is 17.0 Å². The summed E-state index contributed by atoms with van der Waals surface area (Å²) in [6.07, 6.45) is 3.23. The van der Waals surface area contributed by atoms with E-state index < -0.39 is 11.7 Å². The molecule has 2 rings (SSSR count). The van der Waals surface area contributed by atoms with Gasteiger partial charge in [-0.05, 0) is 41.6 Å². The summed E-state index contributed by atoms with van der Waals surface area (Å²) in [5.74, 6) is 0.0256. The first-order valence-electron chi connectivity index (χ1n) is 7.90. The number of amides is 2. The molecular formula is C16H23BrN4O3. The number of nitrogens with zero attached hydrogens (tertiary/aromatic N) is 2. The summed E-state index contributed by atoms with van der Waals surface area (Å²) in [5.41, 5.74) is 4.22. The molecule has 1 heterocycles. The van der Waals surface area contributed by atoms with Gasteiger partial charge in [-0.3, -0.25) is 4.79 Å². The Morgan fingerprint density at radius 1 is 1.42 bits per heavy atom. The monoisotopic (exact) mass is 398 g/mol. The van der Waals surface area contributed by atoms with Crippen molar-refractivity contribution < 1.29 is 14.3 Å². The number of carbonyl (C=O) groups is 2. The van der Waals surface area contributed by atoms with Crippen molar-refractivity contribution in [2.45, 2.75) is 52.1 Å². The molecule has 7 nitrogen and oxygen atoms in total. The molecule has 1 aliphatic carbocycles. The predicted octanol–water partition coefficient (Wildman–Crippen LogP) is 3.25. The summed E-state index contributed by atoms with van der Waals surface area (Å²) in [5, 5.41) is 2.80. The summed E-state index contributed by atoms with van der Waals surface area (Å²) in [7, 11) is 0. The van der Waals surface area contributed by atoms with Crippen molar-refractivity contribution in [2.24, 2.45) is 17.1 Å². The molecule has 3 N–H and O–H groups in total. The molecule has 24 heavy (non-hydrogen) atoms. The van der Waals surface area contributed by atoms with Crippen molar-refractivity contribution in [3.63, 3.8) is 0 Å². The third-order valence-corrected chi connectivity index (χ3v) is 5.06. The van der Waals surface area contributed by atoms with E-state index in [0.717, 1.165) is 12.8 Å². The molecule has 1 aromatic heterocycles. The maximum atomic E-state index is 12.6. The second-order valence-electron chi connectivity index (χ2n) is 7.17. The van der Waals surface area contributed by atoms with Gasteiger partial charge in [-0.25, -0.2) is 14.8 Å². The van der Waals surface area contributed by atoms with E-state index in [1.165, 1.54) is 6.33 Å². The van der Waals surface area contributed by atoms with Crippen molar-refractivity contribution >= 4 is 33.7 Å². The van der Waals surface area contributed by atoms with E-state index in [2.05, 4.69) is 31.2 Å². The van der Waals surface area contributed by atoms with E-state index in [0.29, 0.717) is 23.3 Å². The fraction of sp³-hybridized carbons (Fsp3) is 0.625. The van der Waals surface area contributed by atoms with Crippen LogP contribution in [-0.2, 0) is 9.53 Å². The van der Waals surface area contributed by atoms with Gasteiger partial charge in [0.15, 0.2) is 0 Å². The van der Waals surface area contributed by atoms with Gasteiger partial charge in [0.25, 0.3) is 0 Å². The highest BCUT2D eigenvalue weighted by Gasteiger charge is 2.49. The molecule has 132 valence electrons. The molecule has 1 saturated carbocycles. The molecule has 0 radical (unpaired) electrons. The van der Waals surface area contributed by atoms with Gasteiger partial charge in [-0.1, -0.05) is 20.8 Å². The average Bonchev–Trinajstić information content (AvgIpc) is 2.45. The van der Waals surface area contributed by atoms with E-state index in [-0.39, 0.29) is 17.2 Å². The number of hydrogen-bond acceptors (Lipinski definition) is 5. The molecule has 0 aromatic carbocycles. The lowest BCUT2D eigenvalue weighted by atomic mass is 9.65. The number of nitrogens with one attached hydrogen (secondary N) is 1. The lowest BCUT2D eigenvalue weighted by molar-refractivity contribution is -0.132. The highest BCUT2D eigenvalue weighted by molar-refractivity contribution is 9.10. The van der Waals surface area contributed by atoms with E-state index in [4.69, 9.17) is 10.5 Å². The smallest absolute Gasteiger partial charge is 0.405 e. The molecule has 0 saturated heterocycles. The molecule has 2 amide bonds. The quantitative estimate of drug-likeness (QED) is 0.759. The van der Waals surface area contributed by atoms with Crippen LogP contribution in [0.15, 0.2) is 17.0 Å². The minimum Gasteiger partial charge on any atom is -0.443 e. The number of nitrogens with two attached hydrogens (primary N) is 1. The third kappa shape index (κ3) is 4.23. The number of ether oxygens (including phenoxy) is 1. The van der Waals surface area contributed by atoms with E-state index in [9.17, 15) is 9.59 Å². The summed E-state index contributed by atoms with van der Waals surface area (Å²) in [6.45, 7) is 5.99. The van der Waals surface area contributed by atoms with Gasteiger partial charge >= 0.3 is 6.09 Å². The van der Waals surface area contributed by atoms with Crippen LogP contribution in [0.25, 0.3) is 0 Å². The van der Waals surface area contributed by atoms with E-state index in [1.807, 2.05) is 20.8 Å². The van der Waals surface area contributed by atoms with Gasteiger partial charge in [-0.15, -0.1) is 0 Å². The van der Waals surface area contributed by atoms with Crippen molar-refractivity contribution in [1.29, 1.82) is 0 Å². The fourth-order valence-corrected chi connectivity index (χ4v) is 3.52. The SMILES string of the molecule is CC(C)(C)[C@@]1(OC(N)=O)CCC[C@H](C(=O)Nc2cc(Br)ncn2)C1. The van der Waals surface area contributed by atoms with Crippen LogP contribution in [0, 0.1) is 11.3 Å². The van der Waals surface area contributed by atoms with Crippen molar-refractivity contribution in [3.8, 4) is 0 Å². The molecule has 1 fully saturated rings. The first-order valence-corrected chi connectivity index (χ1v) is 8.69. The zero-order chi connectivity index (χ0) is 18.0. The first kappa shape index (κ1) is 18.6. The van der Waals surface area contributed by atoms with Gasteiger partial charge in [-0.2, -0.15) is 0 Å². The molecule has 0 spiro atoms. The number of aromatic nitrogens is 2. The second-order valence-corrected chi connectivity index (χ2v) is 7.99. The van der Waals surface area contributed by atoms with E-state index >= 15 is 0 Å². The number of primary amides is 1. The molecule has 8 heteroatoms. The molecule has 2 atom stereocenters. The first-order chi connectivity index (χ1) is 11.1. The summed E-state index contributed by atoms with van der Waals surface area (Å²) >= 11 is 3.25. The molecular weight excluding hydrogens is 376 g/mol. The Labute approximate surface area is 149 Å². The van der Waals surface area contributed by atoms with Crippen LogP contribution in [0.1, 0.15) is 46.5 Å². The van der Waals surface area contributed by atoms with Gasteiger partial charge in [0.05, 0.1) is 0 Å². The Kier molecular flexibility index (Phi) is 5.47. The number of halogens is 1. The normalized spacial score (nSPS) is 24.2. The van der Waals surface area contributed by atoms with Gasteiger partial charge in [0.1, 0.15) is 22.3 Å². The highest BCUT2D eigenvalue weighted by Crippen LogP contribution is 2.47. The molecule has 1 aromatic rings. The molecule has 0 unspecified atom stereocenters. The number of carbonyl (C=O) groups excluding carboxylic acids is 2. The fourth-order valence-electron chi connectivity index (χ4n) is 3.21. The molecule has 0 bridgehead atoms. The average molecular weight is 399 g/mol. The summed E-state index contributed by atoms with van der Waals surface area (Å²) < 4.78 is 6.11. The summed E-state index contributed by atoms with van der Waals surface area (Å²) in [6, 6.07) is 1.64. The maximum absolute atomic E-state index is 12.6. The molecule has 0 aliphatic heterocycles. The Balaban J connectivity index is 2.16. The topological polar surface area (TPSA) is 107 Å².